The first-order chi connectivity index (χ1) is 5.93. The zero-order valence-corrected chi connectivity index (χ0v) is 7.69. The molecule has 62 valence electrons. The molecule has 12 heavy (non-hydrogen) atoms. The summed E-state index contributed by atoms with van der Waals surface area (Å²) in [7, 11) is -0.371. The quantitative estimate of drug-likeness (QED) is 0.613. The highest BCUT2D eigenvalue weighted by molar-refractivity contribution is 7.63. The minimum atomic E-state index is -0.371. The number of hydrogen-bond acceptors (Lipinski definition) is 1. The lowest BCUT2D eigenvalue weighted by Gasteiger charge is -1.76. The van der Waals surface area contributed by atoms with E-state index in [1.54, 1.807) is 0 Å². The van der Waals surface area contributed by atoms with Crippen molar-refractivity contribution in [1.29, 1.82) is 0 Å². The van der Waals surface area contributed by atoms with E-state index < -0.39 is 0 Å². The number of rotatable bonds is 1. The third-order valence-corrected chi connectivity index (χ3v) is 2.98. The van der Waals surface area contributed by atoms with Crippen molar-refractivity contribution in [2.75, 3.05) is 6.61 Å². The Labute approximate surface area is 73.8 Å². The van der Waals surface area contributed by atoms with Gasteiger partial charge in [0.1, 0.15) is 24.0 Å². The van der Waals surface area contributed by atoms with Gasteiger partial charge in [-0.25, -0.2) is 0 Å². The molecule has 0 spiro atoms. The van der Waals surface area contributed by atoms with Gasteiger partial charge in [0.25, 0.3) is 0 Å². The fraction of sp³-hybridized carbons (Fsp3) is 0.100. The van der Waals surface area contributed by atoms with Gasteiger partial charge in [-0.1, -0.05) is 24.3 Å². The maximum Gasteiger partial charge on any atom is 0.152 e. The lowest BCUT2D eigenvalue weighted by molar-refractivity contribution is 0.363. The van der Waals surface area contributed by atoms with Gasteiger partial charge in [0.05, 0.1) is 0 Å². The lowest BCUT2D eigenvalue weighted by atomic mass is 10.4. The first kappa shape index (κ1) is 9.18. The minimum Gasteiger partial charge on any atom is -0.388 e. The van der Waals surface area contributed by atoms with E-state index in [0.717, 1.165) is 0 Å². The summed E-state index contributed by atoms with van der Waals surface area (Å²) in [6.07, 6.45) is 12.0. The molecular formula is C10H12OP+. The molecule has 0 aromatic heterocycles. The molecule has 1 heterocycles. The number of allylic oxidation sites excluding steroid dienone is 6. The molecule has 0 atom stereocenters. The number of aliphatic hydroxyl groups is 1. The molecular weight excluding hydrogens is 167 g/mol. The van der Waals surface area contributed by atoms with Crippen LogP contribution in [0.5, 0.6) is 0 Å². The average molecular weight is 179 g/mol. The predicted molar refractivity (Wildman–Crippen MR) is 56.6 cm³/mol. The van der Waals surface area contributed by atoms with Crippen LogP contribution < -0.4 is 0 Å². The molecule has 0 saturated heterocycles. The third-order valence-electron chi connectivity index (χ3n) is 1.36. The van der Waals surface area contributed by atoms with Crippen molar-refractivity contribution in [1.82, 2.24) is 0 Å². The SMILES string of the molecule is OCC=[P+]1C=CC=CC=CC=C1. The van der Waals surface area contributed by atoms with Crippen LogP contribution in [0.3, 0.4) is 0 Å². The van der Waals surface area contributed by atoms with Crippen LogP contribution in [0.2, 0.25) is 0 Å². The second-order valence-corrected chi connectivity index (χ2v) is 4.12. The Bertz CT molecular complexity index is 246. The fourth-order valence-corrected chi connectivity index (χ4v) is 1.95. The molecule has 0 aromatic carbocycles. The Morgan fingerprint density at radius 2 is 1.42 bits per heavy atom. The molecule has 1 N–H and O–H groups in total. The van der Waals surface area contributed by atoms with Gasteiger partial charge < -0.3 is 5.11 Å². The van der Waals surface area contributed by atoms with Crippen molar-refractivity contribution in [2.45, 2.75) is 0 Å². The van der Waals surface area contributed by atoms with E-state index >= 15 is 0 Å². The van der Waals surface area contributed by atoms with E-state index in [4.69, 9.17) is 5.11 Å². The average Bonchev–Trinajstić information content (AvgIpc) is 2.19. The lowest BCUT2D eigenvalue weighted by Crippen LogP contribution is -1.77. The van der Waals surface area contributed by atoms with Gasteiger partial charge in [0, 0.05) is 0 Å². The molecule has 0 aliphatic carbocycles. The molecule has 0 saturated carbocycles. The van der Waals surface area contributed by atoms with E-state index in [2.05, 4.69) is 11.6 Å². The Kier molecular flexibility index (Phi) is 4.36. The molecule has 2 heteroatoms. The smallest absolute Gasteiger partial charge is 0.152 e. The van der Waals surface area contributed by atoms with Gasteiger partial charge in [-0.15, -0.1) is 0 Å². The van der Waals surface area contributed by atoms with Crippen LogP contribution in [0.4, 0.5) is 0 Å². The van der Waals surface area contributed by atoms with E-state index in [1.807, 2.05) is 42.3 Å². The highest BCUT2D eigenvalue weighted by atomic mass is 31.1. The van der Waals surface area contributed by atoms with Crippen LogP contribution in [0, 0.1) is 0 Å². The summed E-state index contributed by atoms with van der Waals surface area (Å²) >= 11 is 0. The molecule has 1 nitrogen and oxygen atoms in total. The topological polar surface area (TPSA) is 20.2 Å². The molecule has 0 unspecified atom stereocenters. The third kappa shape index (κ3) is 3.47. The number of hydrogen-bond donors (Lipinski definition) is 1. The highest BCUT2D eigenvalue weighted by Crippen LogP contribution is 2.25. The normalized spacial score (nSPS) is 18.6. The van der Waals surface area contributed by atoms with E-state index in [1.165, 1.54) is 0 Å². The predicted octanol–water partition coefficient (Wildman–Crippen LogP) is 2.42. The summed E-state index contributed by atoms with van der Waals surface area (Å²) in [5.41, 5.74) is 0. The summed E-state index contributed by atoms with van der Waals surface area (Å²) in [6.45, 7) is 0.147. The van der Waals surface area contributed by atoms with Crippen molar-refractivity contribution in [3.63, 3.8) is 0 Å². The maximum absolute atomic E-state index is 8.71. The molecule has 0 fully saturated rings. The Morgan fingerprint density at radius 1 is 0.917 bits per heavy atom. The summed E-state index contributed by atoms with van der Waals surface area (Å²) in [5, 5.41) is 8.71. The Balaban J connectivity index is 2.81. The molecule has 0 radical (unpaired) electrons. The molecule has 0 amide bonds. The van der Waals surface area contributed by atoms with E-state index in [9.17, 15) is 0 Å². The van der Waals surface area contributed by atoms with Crippen LogP contribution in [-0.4, -0.2) is 17.5 Å². The minimum absolute atomic E-state index is 0.147. The molecule has 1 aliphatic rings. The Morgan fingerprint density at radius 3 is 1.92 bits per heavy atom. The fourth-order valence-electron chi connectivity index (χ4n) is 0.820. The van der Waals surface area contributed by atoms with Crippen molar-refractivity contribution >= 4 is 13.3 Å². The molecule has 1 rings (SSSR count). The van der Waals surface area contributed by atoms with Crippen LogP contribution in [0.25, 0.3) is 0 Å². The largest absolute Gasteiger partial charge is 0.388 e. The molecule has 1 aliphatic heterocycles. The highest BCUT2D eigenvalue weighted by Gasteiger charge is 1.96. The van der Waals surface area contributed by atoms with E-state index in [0.29, 0.717) is 0 Å². The monoisotopic (exact) mass is 179 g/mol. The van der Waals surface area contributed by atoms with Crippen molar-refractivity contribution in [3.8, 4) is 0 Å². The standard InChI is InChI=1S/C10H12OP/c11-7-10-12-8-5-3-1-2-4-6-9-12/h1-6,8-11H,7H2/q+1. The summed E-state index contributed by atoms with van der Waals surface area (Å²) in [5.74, 6) is 6.12. The van der Waals surface area contributed by atoms with Crippen LogP contribution in [0.1, 0.15) is 0 Å². The second kappa shape index (κ2) is 5.70. The zero-order chi connectivity index (χ0) is 8.65. The summed E-state index contributed by atoms with van der Waals surface area (Å²) in [4.78, 5) is 0. The molecule has 0 aromatic rings. The van der Waals surface area contributed by atoms with Gasteiger partial charge in [0.15, 0.2) is 7.55 Å². The van der Waals surface area contributed by atoms with Gasteiger partial charge in [0.2, 0.25) is 0 Å². The number of aliphatic hydroxyl groups excluding tert-OH is 1. The maximum atomic E-state index is 8.71. The van der Waals surface area contributed by atoms with E-state index in [-0.39, 0.29) is 14.2 Å². The first-order valence-electron chi connectivity index (χ1n) is 3.83. The molecule has 0 bridgehead atoms. The Hall–Kier alpha value is -0.910. The van der Waals surface area contributed by atoms with Crippen LogP contribution in [-0.2, 0) is 0 Å². The van der Waals surface area contributed by atoms with Crippen molar-refractivity contribution in [2.24, 2.45) is 0 Å². The van der Waals surface area contributed by atoms with Crippen molar-refractivity contribution in [3.05, 3.63) is 48.1 Å². The second-order valence-electron chi connectivity index (χ2n) is 2.27. The summed E-state index contributed by atoms with van der Waals surface area (Å²) in [6, 6.07) is 0. The van der Waals surface area contributed by atoms with Gasteiger partial charge in [-0.05, 0) is 12.2 Å². The van der Waals surface area contributed by atoms with Gasteiger partial charge in [-0.3, -0.25) is 0 Å². The first-order valence-corrected chi connectivity index (χ1v) is 5.38. The van der Waals surface area contributed by atoms with Crippen LogP contribution in [0.15, 0.2) is 48.1 Å². The summed E-state index contributed by atoms with van der Waals surface area (Å²) < 4.78 is 0. The van der Waals surface area contributed by atoms with Crippen molar-refractivity contribution < 1.29 is 5.11 Å². The van der Waals surface area contributed by atoms with Crippen LogP contribution >= 0.6 is 7.55 Å². The van der Waals surface area contributed by atoms with Gasteiger partial charge in [-0.2, -0.15) is 0 Å². The van der Waals surface area contributed by atoms with Gasteiger partial charge >= 0.3 is 0 Å². The zero-order valence-electron chi connectivity index (χ0n) is 6.80.